The average molecular weight is 355 g/mol. The molecule has 0 aliphatic heterocycles. The highest BCUT2D eigenvalue weighted by atomic mass is 15.2. The summed E-state index contributed by atoms with van der Waals surface area (Å²) in [4.78, 5) is 18.7. The lowest BCUT2D eigenvalue weighted by Gasteiger charge is -2.37. The maximum absolute atomic E-state index is 4.92. The van der Waals surface area contributed by atoms with Crippen molar-refractivity contribution in [1.82, 2.24) is 19.9 Å². The number of rotatable bonds is 3. The lowest BCUT2D eigenvalue weighted by molar-refractivity contribution is 0.284. The molecule has 1 atom stereocenters. The Balaban J connectivity index is 1.97. The van der Waals surface area contributed by atoms with Crippen LogP contribution in [-0.4, -0.2) is 27.0 Å². The van der Waals surface area contributed by atoms with Crippen molar-refractivity contribution in [3.8, 4) is 0 Å². The van der Waals surface area contributed by atoms with Crippen molar-refractivity contribution in [2.75, 3.05) is 17.7 Å². The molecule has 1 aliphatic rings. The fraction of sp³-hybridized carbons (Fsp3) is 0.600. The predicted octanol–water partition coefficient (Wildman–Crippen LogP) is 4.04. The Kier molecular flexibility index (Phi) is 4.63. The Morgan fingerprint density at radius 1 is 1.15 bits per heavy atom. The molecule has 26 heavy (non-hydrogen) atoms. The molecule has 1 aliphatic carbocycles. The van der Waals surface area contributed by atoms with Crippen molar-refractivity contribution in [1.29, 1.82) is 0 Å². The summed E-state index contributed by atoms with van der Waals surface area (Å²) in [5.74, 6) is 2.36. The van der Waals surface area contributed by atoms with E-state index < -0.39 is 0 Å². The number of fused-ring (bicyclic) bond motifs is 1. The van der Waals surface area contributed by atoms with E-state index in [9.17, 15) is 0 Å². The largest absolute Gasteiger partial charge is 0.373 e. The van der Waals surface area contributed by atoms with Crippen molar-refractivity contribution < 1.29 is 0 Å². The molecule has 0 aromatic carbocycles. The lowest BCUT2D eigenvalue weighted by Crippen LogP contribution is -2.32. The Morgan fingerprint density at radius 3 is 2.54 bits per heavy atom. The first-order valence-corrected chi connectivity index (χ1v) is 9.24. The highest BCUT2D eigenvalue weighted by Crippen LogP contribution is 2.41. The Morgan fingerprint density at radius 2 is 1.88 bits per heavy atom. The van der Waals surface area contributed by atoms with E-state index in [4.69, 9.17) is 4.98 Å². The first-order chi connectivity index (χ1) is 12.1. The molecular weight excluding hydrogens is 324 g/mol. The number of hydrogen-bond acceptors (Lipinski definition) is 6. The number of aryl methyl sites for hydroxylation is 1. The summed E-state index contributed by atoms with van der Waals surface area (Å²) in [6.45, 7) is 13.0. The van der Waals surface area contributed by atoms with Gasteiger partial charge in [0.05, 0.1) is 6.04 Å². The van der Waals surface area contributed by atoms with Crippen LogP contribution in [0.15, 0.2) is 12.3 Å². The van der Waals surface area contributed by atoms with Gasteiger partial charge in [0.1, 0.15) is 11.6 Å². The first kappa shape index (κ1) is 18.5. The van der Waals surface area contributed by atoms with Crippen LogP contribution >= 0.6 is 0 Å². The standard InChI is InChI=1S/C20H30N6/c1-12-8-16(21-7)26-18(23-12)25-15-10-20(5,6)9-14-13(15)11-22-17(24-14)19(2,3)4/h8,11,15H,9-10H2,1-7H3,(H2,21,23,25,26)/t15-/m1/s1. The predicted molar refractivity (Wildman–Crippen MR) is 106 cm³/mol. The number of anilines is 2. The van der Waals surface area contributed by atoms with E-state index in [1.54, 1.807) is 0 Å². The monoisotopic (exact) mass is 354 g/mol. The smallest absolute Gasteiger partial charge is 0.225 e. The van der Waals surface area contributed by atoms with Gasteiger partial charge in [0.25, 0.3) is 0 Å². The second kappa shape index (κ2) is 6.49. The summed E-state index contributed by atoms with van der Waals surface area (Å²) < 4.78 is 0. The van der Waals surface area contributed by atoms with Crippen LogP contribution in [0.4, 0.5) is 11.8 Å². The van der Waals surface area contributed by atoms with E-state index in [0.29, 0.717) is 5.95 Å². The number of nitrogens with one attached hydrogen (secondary N) is 2. The minimum Gasteiger partial charge on any atom is -0.373 e. The highest BCUT2D eigenvalue weighted by Gasteiger charge is 2.35. The highest BCUT2D eigenvalue weighted by molar-refractivity contribution is 5.44. The van der Waals surface area contributed by atoms with Crippen LogP contribution in [0, 0.1) is 12.3 Å². The van der Waals surface area contributed by atoms with Crippen LogP contribution in [0.2, 0.25) is 0 Å². The summed E-state index contributed by atoms with van der Waals surface area (Å²) in [5, 5.41) is 6.61. The zero-order chi connectivity index (χ0) is 19.1. The zero-order valence-electron chi connectivity index (χ0n) is 16.9. The molecule has 0 spiro atoms. The summed E-state index contributed by atoms with van der Waals surface area (Å²) in [6.07, 6.45) is 3.94. The number of aromatic nitrogens is 4. The Bertz CT molecular complexity index is 806. The van der Waals surface area contributed by atoms with Gasteiger partial charge < -0.3 is 10.6 Å². The van der Waals surface area contributed by atoms with Crippen molar-refractivity contribution in [3.63, 3.8) is 0 Å². The molecule has 2 aromatic heterocycles. The normalized spacial score (nSPS) is 19.0. The molecule has 2 aromatic rings. The van der Waals surface area contributed by atoms with Crippen LogP contribution in [0.5, 0.6) is 0 Å². The van der Waals surface area contributed by atoms with Crippen LogP contribution in [-0.2, 0) is 11.8 Å². The topological polar surface area (TPSA) is 75.6 Å². The summed E-state index contributed by atoms with van der Waals surface area (Å²) >= 11 is 0. The summed E-state index contributed by atoms with van der Waals surface area (Å²) in [5.41, 5.74) is 3.33. The van der Waals surface area contributed by atoms with Gasteiger partial charge in [0, 0.05) is 41.7 Å². The van der Waals surface area contributed by atoms with Crippen LogP contribution in [0.25, 0.3) is 0 Å². The quantitative estimate of drug-likeness (QED) is 0.866. The minimum absolute atomic E-state index is 0.0547. The maximum atomic E-state index is 4.92. The third kappa shape index (κ3) is 3.94. The van der Waals surface area contributed by atoms with Crippen molar-refractivity contribution in [3.05, 3.63) is 35.0 Å². The molecule has 0 saturated heterocycles. The third-order valence-corrected chi connectivity index (χ3v) is 4.76. The third-order valence-electron chi connectivity index (χ3n) is 4.76. The molecule has 6 nitrogen and oxygen atoms in total. The second-order valence-electron chi connectivity index (χ2n) is 9.06. The van der Waals surface area contributed by atoms with Gasteiger partial charge in [0.15, 0.2) is 0 Å². The Labute approximate surface area is 156 Å². The van der Waals surface area contributed by atoms with Gasteiger partial charge in [-0.25, -0.2) is 15.0 Å². The van der Waals surface area contributed by atoms with Gasteiger partial charge in [-0.15, -0.1) is 0 Å². The molecular formula is C20H30N6. The fourth-order valence-electron chi connectivity index (χ4n) is 3.45. The molecule has 3 rings (SSSR count). The van der Waals surface area contributed by atoms with Gasteiger partial charge in [0.2, 0.25) is 5.95 Å². The molecule has 0 bridgehead atoms. The summed E-state index contributed by atoms with van der Waals surface area (Å²) in [7, 11) is 1.87. The van der Waals surface area contributed by atoms with Gasteiger partial charge in [-0.1, -0.05) is 34.6 Å². The van der Waals surface area contributed by atoms with Crippen LogP contribution in [0.3, 0.4) is 0 Å². The Hall–Kier alpha value is -2.24. The van der Waals surface area contributed by atoms with Crippen molar-refractivity contribution in [2.45, 2.75) is 65.8 Å². The van der Waals surface area contributed by atoms with E-state index in [1.165, 1.54) is 0 Å². The van der Waals surface area contributed by atoms with E-state index in [2.05, 4.69) is 60.2 Å². The minimum atomic E-state index is -0.0547. The first-order valence-electron chi connectivity index (χ1n) is 9.24. The lowest BCUT2D eigenvalue weighted by atomic mass is 9.74. The van der Waals surface area contributed by atoms with E-state index in [0.717, 1.165) is 41.4 Å². The van der Waals surface area contributed by atoms with E-state index >= 15 is 0 Å². The van der Waals surface area contributed by atoms with Crippen LogP contribution in [0.1, 0.15) is 69.9 Å². The molecule has 0 unspecified atom stereocenters. The number of nitrogens with zero attached hydrogens (tertiary/aromatic N) is 4. The molecule has 140 valence electrons. The van der Waals surface area contributed by atoms with E-state index in [-0.39, 0.29) is 16.9 Å². The average Bonchev–Trinajstić information content (AvgIpc) is 2.51. The van der Waals surface area contributed by atoms with Crippen molar-refractivity contribution >= 4 is 11.8 Å². The second-order valence-corrected chi connectivity index (χ2v) is 9.06. The number of hydrogen-bond donors (Lipinski definition) is 2. The van der Waals surface area contributed by atoms with E-state index in [1.807, 2.05) is 26.2 Å². The molecule has 2 heterocycles. The zero-order valence-corrected chi connectivity index (χ0v) is 16.9. The maximum Gasteiger partial charge on any atom is 0.225 e. The fourth-order valence-corrected chi connectivity index (χ4v) is 3.45. The molecule has 2 N–H and O–H groups in total. The SMILES string of the molecule is CNc1cc(C)nc(N[C@@H]2CC(C)(C)Cc3nc(C(C)(C)C)ncc32)n1. The van der Waals surface area contributed by atoms with Crippen molar-refractivity contribution in [2.24, 2.45) is 5.41 Å². The summed E-state index contributed by atoms with van der Waals surface area (Å²) in [6, 6.07) is 2.04. The molecule has 0 saturated carbocycles. The van der Waals surface area contributed by atoms with Gasteiger partial charge >= 0.3 is 0 Å². The molecule has 0 fully saturated rings. The van der Waals surface area contributed by atoms with Gasteiger partial charge in [-0.2, -0.15) is 4.98 Å². The molecule has 0 amide bonds. The molecule has 0 radical (unpaired) electrons. The molecule has 6 heteroatoms. The van der Waals surface area contributed by atoms with Gasteiger partial charge in [-0.3, -0.25) is 0 Å². The van der Waals surface area contributed by atoms with Crippen LogP contribution < -0.4 is 10.6 Å². The van der Waals surface area contributed by atoms with Gasteiger partial charge in [-0.05, 0) is 25.2 Å².